The molecule has 0 N–H and O–H groups in total. The molecule has 4 aromatic rings. The molecule has 0 radical (unpaired) electrons. The largest absolute Gasteiger partial charge is 0.452 e. The SMILES string of the molecule is O=C(OCc1nc(-c2cccnc2)no1)c1ccc2c(=O)n3c(nc2c1)CCCCCC3. The van der Waals surface area contributed by atoms with Gasteiger partial charge >= 0.3 is 5.97 Å². The number of nitrogens with zero attached hydrogens (tertiary/aromatic N) is 5. The summed E-state index contributed by atoms with van der Waals surface area (Å²) in [7, 11) is 0. The summed E-state index contributed by atoms with van der Waals surface area (Å²) in [6.07, 6.45) is 8.27. The van der Waals surface area contributed by atoms with Crippen LogP contribution >= 0.6 is 0 Å². The first-order valence-corrected chi connectivity index (χ1v) is 10.6. The Morgan fingerprint density at radius 2 is 2.03 bits per heavy atom. The van der Waals surface area contributed by atoms with Crippen molar-refractivity contribution in [3.63, 3.8) is 0 Å². The molecule has 9 heteroatoms. The third-order valence-electron chi connectivity index (χ3n) is 5.52. The molecule has 32 heavy (non-hydrogen) atoms. The summed E-state index contributed by atoms with van der Waals surface area (Å²) >= 11 is 0. The zero-order chi connectivity index (χ0) is 21.9. The molecule has 0 unspecified atom stereocenters. The molecule has 0 spiro atoms. The standard InChI is InChI=1S/C23H21N5O4/c29-22-17-9-8-15(12-18(17)25-19-7-3-1-2-4-11-28(19)22)23(30)31-14-20-26-21(27-32-20)16-6-5-10-24-13-16/h5-6,8-10,12-13H,1-4,7,11,14H2. The van der Waals surface area contributed by atoms with Crippen LogP contribution in [0.25, 0.3) is 22.3 Å². The van der Waals surface area contributed by atoms with E-state index in [-0.39, 0.29) is 18.1 Å². The van der Waals surface area contributed by atoms with Crippen molar-refractivity contribution in [3.05, 3.63) is 70.4 Å². The van der Waals surface area contributed by atoms with Gasteiger partial charge in [-0.1, -0.05) is 18.0 Å². The Morgan fingerprint density at radius 1 is 1.12 bits per heavy atom. The summed E-state index contributed by atoms with van der Waals surface area (Å²) in [5.74, 6) is 0.773. The smallest absolute Gasteiger partial charge is 0.338 e. The third kappa shape index (κ3) is 4.01. The highest BCUT2D eigenvalue weighted by Crippen LogP contribution is 2.18. The van der Waals surface area contributed by atoms with E-state index >= 15 is 0 Å². The maximum Gasteiger partial charge on any atom is 0.338 e. The van der Waals surface area contributed by atoms with Crippen LogP contribution in [-0.4, -0.2) is 30.6 Å². The van der Waals surface area contributed by atoms with Gasteiger partial charge in [0.05, 0.1) is 16.5 Å². The van der Waals surface area contributed by atoms with E-state index in [1.54, 1.807) is 47.3 Å². The molecule has 9 nitrogen and oxygen atoms in total. The summed E-state index contributed by atoms with van der Waals surface area (Å²) in [5.41, 5.74) is 1.47. The molecule has 0 atom stereocenters. The van der Waals surface area contributed by atoms with E-state index in [2.05, 4.69) is 20.1 Å². The van der Waals surface area contributed by atoms with Crippen molar-refractivity contribution < 1.29 is 14.1 Å². The highest BCUT2D eigenvalue weighted by molar-refractivity contribution is 5.94. The van der Waals surface area contributed by atoms with Crippen LogP contribution in [0.1, 0.15) is 47.8 Å². The van der Waals surface area contributed by atoms with Crippen LogP contribution in [0.5, 0.6) is 0 Å². The lowest BCUT2D eigenvalue weighted by atomic mass is 10.1. The van der Waals surface area contributed by atoms with Gasteiger partial charge in [0.2, 0.25) is 5.82 Å². The van der Waals surface area contributed by atoms with Crippen molar-refractivity contribution in [2.45, 2.75) is 45.3 Å². The summed E-state index contributed by atoms with van der Waals surface area (Å²) in [5, 5.41) is 4.38. The summed E-state index contributed by atoms with van der Waals surface area (Å²) in [6.45, 7) is 0.524. The second-order valence-corrected chi connectivity index (χ2v) is 7.71. The Balaban J connectivity index is 1.34. The molecule has 1 aliphatic rings. The number of aromatic nitrogens is 5. The van der Waals surface area contributed by atoms with Crippen LogP contribution in [0.3, 0.4) is 0 Å². The maximum atomic E-state index is 12.9. The minimum Gasteiger partial charge on any atom is -0.452 e. The van der Waals surface area contributed by atoms with E-state index < -0.39 is 5.97 Å². The fraction of sp³-hybridized carbons (Fsp3) is 0.304. The van der Waals surface area contributed by atoms with Crippen molar-refractivity contribution in [2.75, 3.05) is 0 Å². The predicted molar refractivity (Wildman–Crippen MR) is 115 cm³/mol. The Labute approximate surface area is 183 Å². The van der Waals surface area contributed by atoms with Gasteiger partial charge in [0, 0.05) is 30.9 Å². The van der Waals surface area contributed by atoms with Crippen LogP contribution in [0.4, 0.5) is 0 Å². The first-order chi connectivity index (χ1) is 15.7. The average Bonchev–Trinajstić information content (AvgIpc) is 3.28. The van der Waals surface area contributed by atoms with Gasteiger partial charge in [-0.05, 0) is 43.2 Å². The van der Waals surface area contributed by atoms with Crippen molar-refractivity contribution in [2.24, 2.45) is 0 Å². The van der Waals surface area contributed by atoms with Gasteiger partial charge in [-0.25, -0.2) is 9.78 Å². The molecule has 1 aromatic carbocycles. The normalized spacial score (nSPS) is 13.9. The van der Waals surface area contributed by atoms with Crippen molar-refractivity contribution in [1.29, 1.82) is 0 Å². The van der Waals surface area contributed by atoms with Gasteiger partial charge < -0.3 is 9.26 Å². The number of carbonyl (C=O) groups is 1. The molecule has 3 aromatic heterocycles. The molecule has 4 heterocycles. The number of hydrogen-bond acceptors (Lipinski definition) is 8. The second-order valence-electron chi connectivity index (χ2n) is 7.71. The van der Waals surface area contributed by atoms with Crippen LogP contribution in [0.15, 0.2) is 52.0 Å². The van der Waals surface area contributed by atoms with E-state index in [0.29, 0.717) is 34.4 Å². The minimum atomic E-state index is -0.554. The summed E-state index contributed by atoms with van der Waals surface area (Å²) in [6, 6.07) is 8.40. The molecule has 0 saturated heterocycles. The number of esters is 1. The number of aryl methyl sites for hydroxylation is 1. The van der Waals surface area contributed by atoms with Crippen molar-refractivity contribution >= 4 is 16.9 Å². The molecular formula is C23H21N5O4. The van der Waals surface area contributed by atoms with Crippen LogP contribution in [0.2, 0.25) is 0 Å². The Morgan fingerprint density at radius 3 is 2.91 bits per heavy atom. The Bertz CT molecular complexity index is 1330. The molecule has 0 saturated carbocycles. The topological polar surface area (TPSA) is 113 Å². The van der Waals surface area contributed by atoms with E-state index in [1.165, 1.54) is 0 Å². The predicted octanol–water partition coefficient (Wildman–Crippen LogP) is 3.32. The number of benzene rings is 1. The highest BCUT2D eigenvalue weighted by atomic mass is 16.6. The van der Waals surface area contributed by atoms with Crippen LogP contribution in [0, 0.1) is 0 Å². The van der Waals surface area contributed by atoms with Crippen LogP contribution in [-0.2, 0) is 24.3 Å². The van der Waals surface area contributed by atoms with Gasteiger partial charge in [0.25, 0.3) is 11.4 Å². The molecule has 0 bridgehead atoms. The molecule has 0 fully saturated rings. The number of fused-ring (bicyclic) bond motifs is 2. The first-order valence-electron chi connectivity index (χ1n) is 10.6. The van der Waals surface area contributed by atoms with Gasteiger partial charge in [-0.3, -0.25) is 14.3 Å². The number of ether oxygens (including phenoxy) is 1. The third-order valence-corrected chi connectivity index (χ3v) is 5.52. The first kappa shape index (κ1) is 20.0. The molecular weight excluding hydrogens is 410 g/mol. The summed E-state index contributed by atoms with van der Waals surface area (Å²) in [4.78, 5) is 38.4. The maximum absolute atomic E-state index is 12.9. The fourth-order valence-corrected chi connectivity index (χ4v) is 3.86. The lowest BCUT2D eigenvalue weighted by molar-refractivity contribution is 0.0430. The average molecular weight is 431 g/mol. The van der Waals surface area contributed by atoms with Gasteiger partial charge in [-0.2, -0.15) is 4.98 Å². The molecule has 0 aliphatic carbocycles. The van der Waals surface area contributed by atoms with E-state index in [0.717, 1.165) is 37.9 Å². The molecule has 5 rings (SSSR count). The second kappa shape index (κ2) is 8.70. The van der Waals surface area contributed by atoms with E-state index in [9.17, 15) is 9.59 Å². The van der Waals surface area contributed by atoms with Crippen molar-refractivity contribution in [1.82, 2.24) is 24.7 Å². The zero-order valence-electron chi connectivity index (χ0n) is 17.4. The lowest BCUT2D eigenvalue weighted by Crippen LogP contribution is -2.26. The quantitative estimate of drug-likeness (QED) is 0.452. The number of rotatable bonds is 4. The zero-order valence-corrected chi connectivity index (χ0v) is 17.4. The monoisotopic (exact) mass is 431 g/mol. The van der Waals surface area contributed by atoms with Gasteiger partial charge in [0.1, 0.15) is 5.82 Å². The highest BCUT2D eigenvalue weighted by Gasteiger charge is 2.17. The molecule has 162 valence electrons. The van der Waals surface area contributed by atoms with Crippen molar-refractivity contribution in [3.8, 4) is 11.4 Å². The van der Waals surface area contributed by atoms with E-state index in [4.69, 9.17) is 9.26 Å². The lowest BCUT2D eigenvalue weighted by Gasteiger charge is -2.16. The minimum absolute atomic E-state index is 0.0550. The Hall–Kier alpha value is -3.88. The molecule has 0 amide bonds. The van der Waals surface area contributed by atoms with E-state index in [1.807, 2.05) is 0 Å². The Kier molecular flexibility index (Phi) is 5.45. The number of hydrogen-bond donors (Lipinski definition) is 0. The summed E-state index contributed by atoms with van der Waals surface area (Å²) < 4.78 is 12.3. The number of carbonyl (C=O) groups excluding carboxylic acids is 1. The van der Waals surface area contributed by atoms with Crippen LogP contribution < -0.4 is 5.56 Å². The van der Waals surface area contributed by atoms with Gasteiger partial charge in [-0.15, -0.1) is 0 Å². The van der Waals surface area contributed by atoms with Gasteiger partial charge in [0.15, 0.2) is 6.61 Å². The fourth-order valence-electron chi connectivity index (χ4n) is 3.86. The molecule has 1 aliphatic heterocycles. The number of pyridine rings is 1.